The van der Waals surface area contributed by atoms with Crippen molar-refractivity contribution < 1.29 is 19.5 Å². The number of nitrogens with one attached hydrogen (secondary N) is 2. The molecule has 0 spiro atoms. The lowest BCUT2D eigenvalue weighted by Gasteiger charge is -2.07. The molecule has 0 aliphatic carbocycles. The summed E-state index contributed by atoms with van der Waals surface area (Å²) in [6.45, 7) is 2.21. The van der Waals surface area contributed by atoms with Crippen molar-refractivity contribution in [3.8, 4) is 0 Å². The number of carboxylic acid groups (broad SMARTS) is 1. The average molecular weight is 326 g/mol. The Morgan fingerprint density at radius 2 is 1.50 bits per heavy atom. The van der Waals surface area contributed by atoms with Crippen LogP contribution in [0.1, 0.15) is 39.6 Å². The molecule has 0 unspecified atom stereocenters. The summed E-state index contributed by atoms with van der Waals surface area (Å²) < 4.78 is 0. The molecule has 0 atom stereocenters. The highest BCUT2D eigenvalue weighted by atomic mass is 16.4. The van der Waals surface area contributed by atoms with Gasteiger partial charge in [-0.2, -0.15) is 0 Å². The van der Waals surface area contributed by atoms with Crippen LogP contribution in [0.3, 0.4) is 0 Å². The number of hydrogen-bond donors (Lipinski definition) is 3. The third-order valence-electron chi connectivity index (χ3n) is 3.42. The molecule has 0 aliphatic heterocycles. The van der Waals surface area contributed by atoms with Crippen LogP contribution in [0.25, 0.3) is 0 Å². The van der Waals surface area contributed by atoms with Crippen molar-refractivity contribution in [3.63, 3.8) is 0 Å². The Morgan fingerprint density at radius 3 is 2.04 bits per heavy atom. The smallest absolute Gasteiger partial charge is 0.335 e. The van der Waals surface area contributed by atoms with Gasteiger partial charge in [0.25, 0.3) is 5.91 Å². The van der Waals surface area contributed by atoms with Crippen LogP contribution >= 0.6 is 0 Å². The number of aromatic carboxylic acids is 1. The Labute approximate surface area is 139 Å². The van der Waals surface area contributed by atoms with E-state index in [0.29, 0.717) is 24.2 Å². The van der Waals surface area contributed by atoms with Gasteiger partial charge < -0.3 is 15.7 Å². The monoisotopic (exact) mass is 326 g/mol. The van der Waals surface area contributed by atoms with E-state index in [2.05, 4.69) is 10.6 Å². The van der Waals surface area contributed by atoms with E-state index in [1.54, 1.807) is 31.2 Å². The van der Waals surface area contributed by atoms with E-state index in [0.717, 1.165) is 5.56 Å². The molecule has 0 radical (unpaired) electrons. The highest BCUT2D eigenvalue weighted by Gasteiger charge is 2.07. The second-order valence-corrected chi connectivity index (χ2v) is 5.16. The van der Waals surface area contributed by atoms with E-state index in [1.807, 2.05) is 0 Å². The number of carbonyl (C=O) groups is 3. The molecule has 0 fully saturated rings. The lowest BCUT2D eigenvalue weighted by Crippen LogP contribution is -2.21. The number of hydrogen-bond acceptors (Lipinski definition) is 3. The molecule has 2 aromatic rings. The van der Waals surface area contributed by atoms with E-state index in [-0.39, 0.29) is 17.4 Å². The van der Waals surface area contributed by atoms with Crippen molar-refractivity contribution >= 4 is 23.5 Å². The van der Waals surface area contributed by atoms with Crippen molar-refractivity contribution in [2.75, 3.05) is 5.32 Å². The summed E-state index contributed by atoms with van der Waals surface area (Å²) in [5, 5.41) is 14.3. The van der Waals surface area contributed by atoms with E-state index in [1.165, 1.54) is 24.3 Å². The van der Waals surface area contributed by atoms with Crippen molar-refractivity contribution in [1.82, 2.24) is 5.32 Å². The lowest BCUT2D eigenvalue weighted by atomic mass is 10.1. The SMILES string of the molecule is CCC(=O)NCc1ccc(C(=O)Nc2ccc(C(=O)O)cc2)cc1. The topological polar surface area (TPSA) is 95.5 Å². The highest BCUT2D eigenvalue weighted by molar-refractivity contribution is 6.04. The normalized spacial score (nSPS) is 10.0. The minimum atomic E-state index is -1.02. The van der Waals surface area contributed by atoms with Crippen LogP contribution in [0, 0.1) is 0 Å². The van der Waals surface area contributed by atoms with Crippen molar-refractivity contribution in [2.24, 2.45) is 0 Å². The molecule has 6 nitrogen and oxygen atoms in total. The second kappa shape index (κ2) is 7.92. The van der Waals surface area contributed by atoms with Crippen LogP contribution in [0.5, 0.6) is 0 Å². The number of anilines is 1. The maximum atomic E-state index is 12.2. The number of amides is 2. The van der Waals surface area contributed by atoms with E-state index >= 15 is 0 Å². The van der Waals surface area contributed by atoms with Crippen molar-refractivity contribution in [2.45, 2.75) is 19.9 Å². The van der Waals surface area contributed by atoms with Gasteiger partial charge in [0.2, 0.25) is 5.91 Å². The van der Waals surface area contributed by atoms with Crippen LogP contribution in [-0.4, -0.2) is 22.9 Å². The van der Waals surface area contributed by atoms with Gasteiger partial charge in [0.05, 0.1) is 5.56 Å². The second-order valence-electron chi connectivity index (χ2n) is 5.16. The lowest BCUT2D eigenvalue weighted by molar-refractivity contribution is -0.120. The molecule has 24 heavy (non-hydrogen) atoms. The van der Waals surface area contributed by atoms with Crippen molar-refractivity contribution in [3.05, 3.63) is 65.2 Å². The largest absolute Gasteiger partial charge is 0.478 e. The molecule has 0 saturated carbocycles. The summed E-state index contributed by atoms with van der Waals surface area (Å²) in [5.74, 6) is -1.33. The van der Waals surface area contributed by atoms with Gasteiger partial charge in [-0.05, 0) is 42.0 Å². The first-order valence-corrected chi connectivity index (χ1v) is 7.50. The molecule has 0 aliphatic rings. The third-order valence-corrected chi connectivity index (χ3v) is 3.42. The third kappa shape index (κ3) is 4.67. The minimum Gasteiger partial charge on any atom is -0.478 e. The first kappa shape index (κ1) is 17.2. The molecule has 2 aromatic carbocycles. The van der Waals surface area contributed by atoms with Crippen molar-refractivity contribution in [1.29, 1.82) is 0 Å². The van der Waals surface area contributed by atoms with Gasteiger partial charge in [-0.1, -0.05) is 19.1 Å². The Bertz CT molecular complexity index is 737. The molecule has 0 heterocycles. The van der Waals surface area contributed by atoms with Crippen LogP contribution < -0.4 is 10.6 Å². The fourth-order valence-corrected chi connectivity index (χ4v) is 2.00. The standard InChI is InChI=1S/C18H18N2O4/c1-2-16(21)19-11-12-3-5-13(6-4-12)17(22)20-15-9-7-14(8-10-15)18(23)24/h3-10H,2,11H2,1H3,(H,19,21)(H,20,22)(H,23,24). The number of rotatable bonds is 6. The van der Waals surface area contributed by atoms with Gasteiger partial charge >= 0.3 is 5.97 Å². The summed E-state index contributed by atoms with van der Waals surface area (Å²) in [6.07, 6.45) is 0.432. The molecular weight excluding hydrogens is 308 g/mol. The fourth-order valence-electron chi connectivity index (χ4n) is 2.00. The fraction of sp³-hybridized carbons (Fsp3) is 0.167. The number of carbonyl (C=O) groups excluding carboxylic acids is 2. The Morgan fingerprint density at radius 1 is 0.917 bits per heavy atom. The Hall–Kier alpha value is -3.15. The number of carboxylic acids is 1. The predicted molar refractivity (Wildman–Crippen MR) is 89.9 cm³/mol. The Balaban J connectivity index is 1.97. The minimum absolute atomic E-state index is 0.0263. The zero-order chi connectivity index (χ0) is 17.5. The van der Waals surface area contributed by atoms with Gasteiger partial charge in [0.15, 0.2) is 0 Å². The van der Waals surface area contributed by atoms with Crippen LogP contribution in [-0.2, 0) is 11.3 Å². The molecule has 2 amide bonds. The van der Waals surface area contributed by atoms with E-state index < -0.39 is 5.97 Å². The summed E-state index contributed by atoms with van der Waals surface area (Å²) >= 11 is 0. The molecule has 6 heteroatoms. The first-order valence-electron chi connectivity index (χ1n) is 7.50. The number of benzene rings is 2. The van der Waals surface area contributed by atoms with E-state index in [4.69, 9.17) is 5.11 Å². The Kier molecular flexibility index (Phi) is 5.68. The molecule has 3 N–H and O–H groups in total. The maximum absolute atomic E-state index is 12.2. The summed E-state index contributed by atoms with van der Waals surface area (Å²) in [7, 11) is 0. The van der Waals surface area contributed by atoms with Crippen LogP contribution in [0.15, 0.2) is 48.5 Å². The predicted octanol–water partition coefficient (Wildman–Crippen LogP) is 2.66. The molecule has 2 rings (SSSR count). The summed E-state index contributed by atoms with van der Waals surface area (Å²) in [6, 6.07) is 12.8. The van der Waals surface area contributed by atoms with Gasteiger partial charge in [-0.25, -0.2) is 4.79 Å². The van der Waals surface area contributed by atoms with Crippen LogP contribution in [0.2, 0.25) is 0 Å². The van der Waals surface area contributed by atoms with Gasteiger partial charge in [-0.15, -0.1) is 0 Å². The molecule has 0 saturated heterocycles. The molecule has 124 valence electrons. The molecular formula is C18H18N2O4. The van der Waals surface area contributed by atoms with E-state index in [9.17, 15) is 14.4 Å². The van der Waals surface area contributed by atoms with Gasteiger partial charge in [0, 0.05) is 24.2 Å². The summed E-state index contributed by atoms with van der Waals surface area (Å²) in [5.41, 5.74) is 2.05. The quantitative estimate of drug-likeness (QED) is 0.760. The average Bonchev–Trinajstić information content (AvgIpc) is 2.60. The molecule has 0 bridgehead atoms. The van der Waals surface area contributed by atoms with Crippen LogP contribution in [0.4, 0.5) is 5.69 Å². The summed E-state index contributed by atoms with van der Waals surface area (Å²) in [4.78, 5) is 34.2. The van der Waals surface area contributed by atoms with Gasteiger partial charge in [0.1, 0.15) is 0 Å². The molecule has 0 aromatic heterocycles. The zero-order valence-electron chi connectivity index (χ0n) is 13.2. The first-order chi connectivity index (χ1) is 11.5. The maximum Gasteiger partial charge on any atom is 0.335 e. The zero-order valence-corrected chi connectivity index (χ0v) is 13.2. The van der Waals surface area contributed by atoms with Gasteiger partial charge in [-0.3, -0.25) is 9.59 Å². The highest BCUT2D eigenvalue weighted by Crippen LogP contribution is 2.12.